The summed E-state index contributed by atoms with van der Waals surface area (Å²) in [7, 11) is 0. The van der Waals surface area contributed by atoms with Crippen molar-refractivity contribution >= 4 is 6.08 Å². The molecule has 0 amide bonds. The van der Waals surface area contributed by atoms with Crippen LogP contribution in [0.15, 0.2) is 66.4 Å². The molecule has 0 bridgehead atoms. The zero-order valence-corrected chi connectivity index (χ0v) is 15.7. The van der Waals surface area contributed by atoms with Crippen LogP contribution in [0.5, 0.6) is 5.75 Å². The van der Waals surface area contributed by atoms with Gasteiger partial charge in [-0.25, -0.2) is 4.68 Å². The number of allylic oxidation sites excluding steroid dienone is 1. The molecule has 0 spiro atoms. The summed E-state index contributed by atoms with van der Waals surface area (Å²) < 4.78 is 7.47. The van der Waals surface area contributed by atoms with Gasteiger partial charge in [0.05, 0.1) is 12.3 Å². The first-order valence-corrected chi connectivity index (χ1v) is 9.15. The molecule has 3 rings (SSSR count). The van der Waals surface area contributed by atoms with Crippen LogP contribution in [0, 0.1) is 22.7 Å². The molecule has 0 aliphatic heterocycles. The predicted octanol–water partition coefficient (Wildman–Crippen LogP) is 5.15. The lowest BCUT2D eigenvalue weighted by atomic mass is 10.1. The van der Waals surface area contributed by atoms with Crippen molar-refractivity contribution in [3.05, 3.63) is 71.9 Å². The van der Waals surface area contributed by atoms with Gasteiger partial charge in [0, 0.05) is 17.3 Å². The number of rotatable bonds is 7. The highest BCUT2D eigenvalue weighted by Gasteiger charge is 2.12. The van der Waals surface area contributed by atoms with Crippen LogP contribution in [0.2, 0.25) is 0 Å². The Balaban J connectivity index is 1.99. The number of benzene rings is 2. The van der Waals surface area contributed by atoms with E-state index in [2.05, 4.69) is 12.0 Å². The van der Waals surface area contributed by atoms with Crippen LogP contribution in [0.1, 0.15) is 25.3 Å². The molecule has 0 unspecified atom stereocenters. The summed E-state index contributed by atoms with van der Waals surface area (Å²) >= 11 is 0. The molecular weight excluding hydrogens is 348 g/mol. The zero-order chi connectivity index (χ0) is 19.8. The van der Waals surface area contributed by atoms with E-state index < -0.39 is 0 Å². The molecule has 0 aliphatic rings. The van der Waals surface area contributed by atoms with Crippen molar-refractivity contribution in [2.45, 2.75) is 19.8 Å². The van der Waals surface area contributed by atoms with E-state index in [0.717, 1.165) is 29.8 Å². The molecule has 138 valence electrons. The Hall–Kier alpha value is -3.83. The molecule has 0 saturated carbocycles. The third-order valence-electron chi connectivity index (χ3n) is 4.20. The third kappa shape index (κ3) is 4.47. The highest BCUT2D eigenvalue weighted by atomic mass is 16.5. The maximum absolute atomic E-state index is 9.13. The van der Waals surface area contributed by atoms with Gasteiger partial charge in [-0.3, -0.25) is 0 Å². The molecule has 5 nitrogen and oxygen atoms in total. The lowest BCUT2D eigenvalue weighted by Crippen LogP contribution is -1.96. The summed E-state index contributed by atoms with van der Waals surface area (Å²) in [5.41, 5.74) is 3.24. The van der Waals surface area contributed by atoms with E-state index in [4.69, 9.17) is 15.3 Å². The Morgan fingerprint density at radius 2 is 1.79 bits per heavy atom. The maximum atomic E-state index is 9.13. The number of hydrogen-bond acceptors (Lipinski definition) is 4. The van der Waals surface area contributed by atoms with Crippen molar-refractivity contribution in [3.63, 3.8) is 0 Å². The summed E-state index contributed by atoms with van der Waals surface area (Å²) in [5, 5.41) is 22.9. The van der Waals surface area contributed by atoms with Crippen molar-refractivity contribution in [3.8, 4) is 34.8 Å². The molecule has 0 saturated heterocycles. The van der Waals surface area contributed by atoms with E-state index in [9.17, 15) is 0 Å². The van der Waals surface area contributed by atoms with Gasteiger partial charge in [0.1, 0.15) is 29.2 Å². The number of nitrogens with zero attached hydrogens (tertiary/aromatic N) is 4. The summed E-state index contributed by atoms with van der Waals surface area (Å²) in [5.74, 6) is 0.812. The van der Waals surface area contributed by atoms with E-state index in [1.165, 1.54) is 0 Å². The van der Waals surface area contributed by atoms with E-state index in [0.29, 0.717) is 17.9 Å². The Bertz CT molecular complexity index is 1020. The van der Waals surface area contributed by atoms with Crippen molar-refractivity contribution in [2.24, 2.45) is 0 Å². The van der Waals surface area contributed by atoms with Gasteiger partial charge in [0.25, 0.3) is 0 Å². The number of para-hydroxylation sites is 1. The van der Waals surface area contributed by atoms with Gasteiger partial charge < -0.3 is 4.74 Å². The molecule has 3 aromatic rings. The molecule has 5 heteroatoms. The minimum Gasteiger partial charge on any atom is -0.494 e. The fraction of sp³-hybridized carbons (Fsp3) is 0.174. The number of nitriles is 2. The highest BCUT2D eigenvalue weighted by Crippen LogP contribution is 2.27. The van der Waals surface area contributed by atoms with Gasteiger partial charge in [-0.05, 0) is 48.9 Å². The van der Waals surface area contributed by atoms with E-state index >= 15 is 0 Å². The Kier molecular flexibility index (Phi) is 6.23. The van der Waals surface area contributed by atoms with Crippen molar-refractivity contribution < 1.29 is 4.74 Å². The van der Waals surface area contributed by atoms with Crippen molar-refractivity contribution in [1.82, 2.24) is 9.78 Å². The second kappa shape index (κ2) is 9.21. The van der Waals surface area contributed by atoms with Crippen LogP contribution in [0.3, 0.4) is 0 Å². The van der Waals surface area contributed by atoms with Crippen LogP contribution >= 0.6 is 0 Å². The largest absolute Gasteiger partial charge is 0.494 e. The topological polar surface area (TPSA) is 74.6 Å². The van der Waals surface area contributed by atoms with Gasteiger partial charge in [0.15, 0.2) is 0 Å². The number of ether oxygens (including phenoxy) is 1. The SMILES string of the molecule is CCCCOc1ccc(-c2nn(-c3ccccc3)cc2C=C(C#N)C#N)cc1. The Morgan fingerprint density at radius 3 is 2.43 bits per heavy atom. The lowest BCUT2D eigenvalue weighted by molar-refractivity contribution is 0.309. The van der Waals surface area contributed by atoms with Gasteiger partial charge in [0.2, 0.25) is 0 Å². The lowest BCUT2D eigenvalue weighted by Gasteiger charge is -2.06. The molecular formula is C23H20N4O. The maximum Gasteiger partial charge on any atom is 0.130 e. The summed E-state index contributed by atoms with van der Waals surface area (Å²) in [6, 6.07) is 21.2. The first kappa shape index (κ1) is 18.9. The number of unbranched alkanes of at least 4 members (excludes halogenated alkanes) is 1. The van der Waals surface area contributed by atoms with Gasteiger partial charge in [-0.2, -0.15) is 15.6 Å². The Morgan fingerprint density at radius 1 is 1.07 bits per heavy atom. The molecule has 0 radical (unpaired) electrons. The molecule has 0 atom stereocenters. The quantitative estimate of drug-likeness (QED) is 0.427. The molecule has 1 heterocycles. The normalized spacial score (nSPS) is 9.96. The molecule has 0 N–H and O–H groups in total. The minimum atomic E-state index is 0.0355. The number of hydrogen-bond donors (Lipinski definition) is 0. The first-order valence-electron chi connectivity index (χ1n) is 9.15. The zero-order valence-electron chi connectivity index (χ0n) is 15.7. The Labute approximate surface area is 164 Å². The van der Waals surface area contributed by atoms with Gasteiger partial charge in [-0.15, -0.1) is 0 Å². The van der Waals surface area contributed by atoms with Crippen LogP contribution in [0.25, 0.3) is 23.0 Å². The summed E-state index contributed by atoms with van der Waals surface area (Å²) in [4.78, 5) is 0. The standard InChI is InChI=1S/C23H20N4O/c1-2-3-13-28-22-11-9-19(10-12-22)23-20(14-18(15-24)16-25)17-27(26-23)21-7-5-4-6-8-21/h4-12,14,17H,2-3,13H2,1H3. The van der Waals surface area contributed by atoms with Crippen LogP contribution < -0.4 is 4.74 Å². The molecule has 28 heavy (non-hydrogen) atoms. The second-order valence-electron chi connectivity index (χ2n) is 6.22. The van der Waals surface area contributed by atoms with Gasteiger partial charge >= 0.3 is 0 Å². The molecule has 0 fully saturated rings. The van der Waals surface area contributed by atoms with Crippen LogP contribution in [-0.4, -0.2) is 16.4 Å². The minimum absolute atomic E-state index is 0.0355. The molecule has 0 aliphatic carbocycles. The fourth-order valence-corrected chi connectivity index (χ4v) is 2.72. The first-order chi connectivity index (χ1) is 13.7. The third-order valence-corrected chi connectivity index (χ3v) is 4.20. The predicted molar refractivity (Wildman–Crippen MR) is 109 cm³/mol. The fourth-order valence-electron chi connectivity index (χ4n) is 2.72. The second-order valence-corrected chi connectivity index (χ2v) is 6.22. The van der Waals surface area contributed by atoms with Crippen molar-refractivity contribution in [2.75, 3.05) is 6.61 Å². The van der Waals surface area contributed by atoms with Crippen LogP contribution in [-0.2, 0) is 0 Å². The average Bonchev–Trinajstić information content (AvgIpc) is 3.17. The molecule has 1 aromatic heterocycles. The van der Waals surface area contributed by atoms with E-state index in [1.807, 2.05) is 72.9 Å². The average molecular weight is 368 g/mol. The van der Waals surface area contributed by atoms with E-state index in [-0.39, 0.29) is 5.57 Å². The highest BCUT2D eigenvalue weighted by molar-refractivity contribution is 5.75. The van der Waals surface area contributed by atoms with Crippen molar-refractivity contribution in [1.29, 1.82) is 10.5 Å². The summed E-state index contributed by atoms with van der Waals surface area (Å²) in [6.07, 6.45) is 5.49. The van der Waals surface area contributed by atoms with Crippen LogP contribution in [0.4, 0.5) is 0 Å². The van der Waals surface area contributed by atoms with E-state index in [1.54, 1.807) is 10.8 Å². The number of aromatic nitrogens is 2. The summed E-state index contributed by atoms with van der Waals surface area (Å²) in [6.45, 7) is 2.82. The smallest absolute Gasteiger partial charge is 0.130 e. The monoisotopic (exact) mass is 368 g/mol. The van der Waals surface area contributed by atoms with Gasteiger partial charge in [-0.1, -0.05) is 31.5 Å². The molecule has 2 aromatic carbocycles.